The first-order chi connectivity index (χ1) is 14.1. The fraction of sp³-hybridized carbons (Fsp3) is 0.105. The van der Waals surface area contributed by atoms with E-state index in [9.17, 15) is 22.8 Å². The first-order valence-corrected chi connectivity index (χ1v) is 9.11. The van der Waals surface area contributed by atoms with Crippen LogP contribution in [-0.2, 0) is 11.0 Å². The van der Waals surface area contributed by atoms with Crippen molar-refractivity contribution < 1.29 is 22.8 Å². The third kappa shape index (κ3) is 4.58. The van der Waals surface area contributed by atoms with Crippen LogP contribution >= 0.6 is 23.2 Å². The van der Waals surface area contributed by atoms with Gasteiger partial charge in [-0.3, -0.25) is 25.4 Å². The number of carbonyl (C=O) groups is 2. The van der Waals surface area contributed by atoms with E-state index in [-0.39, 0.29) is 37.9 Å². The van der Waals surface area contributed by atoms with Gasteiger partial charge in [0.1, 0.15) is 0 Å². The summed E-state index contributed by atoms with van der Waals surface area (Å²) < 4.78 is 40.4. The number of nitrogens with one attached hydrogen (secondary N) is 3. The summed E-state index contributed by atoms with van der Waals surface area (Å²) in [7, 11) is 0. The molecule has 0 aliphatic carbocycles. The number of anilines is 2. The van der Waals surface area contributed by atoms with Crippen LogP contribution in [0.2, 0.25) is 10.0 Å². The molecule has 3 aromatic rings. The standard InChI is InChI=1S/C19H13Cl2F3N4O2/c1-9(29)27-28-14-5-6-25-17-11(14)7-10(19(22,23)24)8-15(17)26-18(30)16-12(20)3-2-4-13(16)21/h2-8H,1H3,(H,25,28)(H,26,30)(H,27,29). The maximum absolute atomic E-state index is 13.5. The Balaban J connectivity index is 2.14. The van der Waals surface area contributed by atoms with Gasteiger partial charge in [0.25, 0.3) is 5.91 Å². The normalized spacial score (nSPS) is 11.3. The summed E-state index contributed by atoms with van der Waals surface area (Å²) in [5.74, 6) is -1.25. The highest BCUT2D eigenvalue weighted by Gasteiger charge is 2.32. The summed E-state index contributed by atoms with van der Waals surface area (Å²) >= 11 is 12.0. The number of alkyl halides is 3. The van der Waals surface area contributed by atoms with E-state index in [1.54, 1.807) is 0 Å². The van der Waals surface area contributed by atoms with Crippen molar-refractivity contribution in [2.75, 3.05) is 10.7 Å². The number of fused-ring (bicyclic) bond motifs is 1. The van der Waals surface area contributed by atoms with Crippen LogP contribution < -0.4 is 16.2 Å². The molecule has 0 aliphatic heterocycles. The van der Waals surface area contributed by atoms with Crippen LogP contribution in [-0.4, -0.2) is 16.8 Å². The van der Waals surface area contributed by atoms with E-state index in [0.29, 0.717) is 0 Å². The minimum atomic E-state index is -4.70. The number of carbonyl (C=O) groups excluding carboxylic acids is 2. The first-order valence-electron chi connectivity index (χ1n) is 8.36. The second-order valence-electron chi connectivity index (χ2n) is 6.13. The van der Waals surface area contributed by atoms with Crippen LogP contribution in [0, 0.1) is 0 Å². The number of hydrogen-bond donors (Lipinski definition) is 3. The van der Waals surface area contributed by atoms with Gasteiger partial charge < -0.3 is 5.32 Å². The molecule has 3 rings (SSSR count). The van der Waals surface area contributed by atoms with Gasteiger partial charge in [-0.25, -0.2) is 0 Å². The Labute approximate surface area is 178 Å². The average Bonchev–Trinajstić information content (AvgIpc) is 2.65. The van der Waals surface area contributed by atoms with Crippen molar-refractivity contribution in [1.82, 2.24) is 10.4 Å². The minimum absolute atomic E-state index is 0.0293. The molecule has 0 unspecified atom stereocenters. The smallest absolute Gasteiger partial charge is 0.320 e. The van der Waals surface area contributed by atoms with Gasteiger partial charge in [0.05, 0.1) is 38.1 Å². The maximum atomic E-state index is 13.5. The molecule has 11 heteroatoms. The van der Waals surface area contributed by atoms with Crippen molar-refractivity contribution in [3.63, 3.8) is 0 Å². The molecule has 0 fully saturated rings. The second-order valence-corrected chi connectivity index (χ2v) is 6.95. The predicted molar refractivity (Wildman–Crippen MR) is 109 cm³/mol. The number of halogens is 5. The van der Waals surface area contributed by atoms with E-state index in [0.717, 1.165) is 12.1 Å². The molecule has 2 aromatic carbocycles. The Hall–Kier alpha value is -3.04. The van der Waals surface area contributed by atoms with Crippen molar-refractivity contribution in [3.05, 3.63) is 63.8 Å². The highest BCUT2D eigenvalue weighted by atomic mass is 35.5. The van der Waals surface area contributed by atoms with Gasteiger partial charge in [-0.05, 0) is 30.3 Å². The summed E-state index contributed by atoms with van der Waals surface area (Å²) in [5.41, 5.74) is 3.75. The molecule has 0 atom stereocenters. The van der Waals surface area contributed by atoms with Crippen molar-refractivity contribution in [1.29, 1.82) is 0 Å². The minimum Gasteiger partial charge on any atom is -0.320 e. The second kappa shape index (κ2) is 8.37. The van der Waals surface area contributed by atoms with E-state index in [2.05, 4.69) is 21.2 Å². The summed E-state index contributed by atoms with van der Waals surface area (Å²) in [6.45, 7) is 1.23. The molecule has 1 aromatic heterocycles. The Morgan fingerprint density at radius 1 is 1.03 bits per heavy atom. The Morgan fingerprint density at radius 3 is 2.30 bits per heavy atom. The zero-order valence-corrected chi connectivity index (χ0v) is 16.7. The molecule has 0 saturated carbocycles. The summed E-state index contributed by atoms with van der Waals surface area (Å²) in [5, 5.41) is 2.51. The predicted octanol–water partition coefficient (Wildman–Crippen LogP) is 5.28. The Kier molecular flexibility index (Phi) is 6.04. The highest BCUT2D eigenvalue weighted by Crippen LogP contribution is 2.37. The molecule has 156 valence electrons. The lowest BCUT2D eigenvalue weighted by Crippen LogP contribution is -2.26. The number of amides is 2. The van der Waals surface area contributed by atoms with Crippen molar-refractivity contribution in [2.24, 2.45) is 0 Å². The topological polar surface area (TPSA) is 83.1 Å². The van der Waals surface area contributed by atoms with Crippen LogP contribution in [0.25, 0.3) is 10.9 Å². The monoisotopic (exact) mass is 456 g/mol. The number of nitrogens with zero attached hydrogens (tertiary/aromatic N) is 1. The van der Waals surface area contributed by atoms with E-state index >= 15 is 0 Å². The van der Waals surface area contributed by atoms with Crippen LogP contribution in [0.3, 0.4) is 0 Å². The quantitative estimate of drug-likeness (QED) is 0.466. The number of rotatable bonds is 4. The number of hydrazine groups is 1. The summed E-state index contributed by atoms with van der Waals surface area (Å²) in [4.78, 5) is 27.9. The molecule has 0 aliphatic rings. The average molecular weight is 457 g/mol. The number of hydrogen-bond acceptors (Lipinski definition) is 4. The van der Waals surface area contributed by atoms with E-state index in [1.165, 1.54) is 37.4 Å². The van der Waals surface area contributed by atoms with Gasteiger partial charge in [0.2, 0.25) is 5.91 Å². The fourth-order valence-corrected chi connectivity index (χ4v) is 3.25. The maximum Gasteiger partial charge on any atom is 0.416 e. The zero-order chi connectivity index (χ0) is 22.1. The molecule has 3 N–H and O–H groups in total. The number of benzene rings is 2. The van der Waals surface area contributed by atoms with Gasteiger partial charge in [0.15, 0.2) is 0 Å². The van der Waals surface area contributed by atoms with Gasteiger partial charge >= 0.3 is 6.18 Å². The third-order valence-corrected chi connectivity index (χ3v) is 4.61. The molecule has 0 saturated heterocycles. The number of aromatic nitrogens is 1. The third-order valence-electron chi connectivity index (χ3n) is 3.98. The molecule has 1 heterocycles. The largest absolute Gasteiger partial charge is 0.416 e. The lowest BCUT2D eigenvalue weighted by molar-refractivity contribution is -0.137. The fourth-order valence-electron chi connectivity index (χ4n) is 2.68. The highest BCUT2D eigenvalue weighted by molar-refractivity contribution is 6.40. The molecular weight excluding hydrogens is 444 g/mol. The van der Waals surface area contributed by atoms with Crippen LogP contribution in [0.5, 0.6) is 0 Å². The number of pyridine rings is 1. The van der Waals surface area contributed by atoms with Crippen LogP contribution in [0.15, 0.2) is 42.6 Å². The molecule has 2 amide bonds. The van der Waals surface area contributed by atoms with E-state index < -0.39 is 23.6 Å². The van der Waals surface area contributed by atoms with Crippen molar-refractivity contribution >= 4 is 57.3 Å². The lowest BCUT2D eigenvalue weighted by Gasteiger charge is -2.16. The van der Waals surface area contributed by atoms with Crippen molar-refractivity contribution in [3.8, 4) is 0 Å². The Morgan fingerprint density at radius 2 is 1.70 bits per heavy atom. The summed E-state index contributed by atoms with van der Waals surface area (Å²) in [6.07, 6.45) is -3.38. The molecule has 0 radical (unpaired) electrons. The van der Waals surface area contributed by atoms with Gasteiger partial charge in [-0.15, -0.1) is 0 Å². The van der Waals surface area contributed by atoms with Gasteiger partial charge in [0, 0.05) is 18.5 Å². The van der Waals surface area contributed by atoms with E-state index in [4.69, 9.17) is 23.2 Å². The Bertz CT molecular complexity index is 1130. The van der Waals surface area contributed by atoms with Gasteiger partial charge in [-0.1, -0.05) is 29.3 Å². The molecular formula is C19H13Cl2F3N4O2. The van der Waals surface area contributed by atoms with Crippen molar-refractivity contribution in [2.45, 2.75) is 13.1 Å². The molecule has 6 nitrogen and oxygen atoms in total. The lowest BCUT2D eigenvalue weighted by atomic mass is 10.1. The zero-order valence-electron chi connectivity index (χ0n) is 15.2. The van der Waals surface area contributed by atoms with Gasteiger partial charge in [-0.2, -0.15) is 13.2 Å². The molecule has 30 heavy (non-hydrogen) atoms. The molecule has 0 spiro atoms. The van der Waals surface area contributed by atoms with E-state index in [1.807, 2.05) is 0 Å². The first kappa shape index (κ1) is 21.7. The van der Waals surface area contributed by atoms with Crippen LogP contribution in [0.4, 0.5) is 24.5 Å². The van der Waals surface area contributed by atoms with Crippen LogP contribution in [0.1, 0.15) is 22.8 Å². The molecule has 0 bridgehead atoms. The SMILES string of the molecule is CC(=O)NNc1ccnc2c(NC(=O)c3c(Cl)cccc3Cl)cc(C(F)(F)F)cc12. The summed E-state index contributed by atoms with van der Waals surface area (Å²) in [6, 6.07) is 7.41.